The second-order valence-corrected chi connectivity index (χ2v) is 11.3. The van der Waals surface area contributed by atoms with Crippen LogP contribution in [0.5, 0.6) is 0 Å². The SMILES string of the molecule is CO[Si](C)(CC(O)CO)O[Si](C)(O)c1ccccc1. The molecule has 19 heavy (non-hydrogen) atoms. The molecule has 0 amide bonds. The van der Waals surface area contributed by atoms with Gasteiger partial charge in [-0.3, -0.25) is 0 Å². The molecule has 0 aliphatic carbocycles. The van der Waals surface area contributed by atoms with Crippen molar-refractivity contribution in [2.75, 3.05) is 13.7 Å². The lowest BCUT2D eigenvalue weighted by atomic mass is 10.4. The van der Waals surface area contributed by atoms with E-state index in [4.69, 9.17) is 13.6 Å². The Hall–Kier alpha value is -0.546. The molecular weight excluding hydrogens is 280 g/mol. The van der Waals surface area contributed by atoms with Crippen molar-refractivity contribution in [1.82, 2.24) is 0 Å². The van der Waals surface area contributed by atoms with E-state index in [0.717, 1.165) is 5.19 Å². The highest BCUT2D eigenvalue weighted by molar-refractivity contribution is 6.87. The fraction of sp³-hybridized carbons (Fsp3) is 0.500. The summed E-state index contributed by atoms with van der Waals surface area (Å²) in [5.74, 6) is 0. The molecule has 0 saturated heterocycles. The van der Waals surface area contributed by atoms with Crippen LogP contribution in [0.25, 0.3) is 0 Å². The van der Waals surface area contributed by atoms with Crippen LogP contribution in [0.15, 0.2) is 30.3 Å². The highest BCUT2D eigenvalue weighted by atomic mass is 28.5. The summed E-state index contributed by atoms with van der Waals surface area (Å²) in [6, 6.07) is 9.41. The molecule has 1 aromatic rings. The summed E-state index contributed by atoms with van der Waals surface area (Å²) in [6.45, 7) is 3.11. The van der Waals surface area contributed by atoms with E-state index in [2.05, 4.69) is 0 Å². The van der Waals surface area contributed by atoms with E-state index < -0.39 is 23.2 Å². The van der Waals surface area contributed by atoms with E-state index in [-0.39, 0.29) is 12.7 Å². The minimum absolute atomic E-state index is 0.218. The van der Waals surface area contributed by atoms with E-state index in [1.54, 1.807) is 13.1 Å². The Morgan fingerprint density at radius 2 is 1.79 bits per heavy atom. The minimum atomic E-state index is -3.07. The van der Waals surface area contributed by atoms with Crippen LogP contribution in [0.4, 0.5) is 0 Å². The maximum Gasteiger partial charge on any atom is 0.357 e. The molecule has 0 aliphatic heterocycles. The highest BCUT2D eigenvalue weighted by Gasteiger charge is 2.43. The van der Waals surface area contributed by atoms with Gasteiger partial charge in [-0.05, 0) is 18.3 Å². The Kier molecular flexibility index (Phi) is 5.87. The molecule has 1 rings (SSSR count). The van der Waals surface area contributed by atoms with Crippen LogP contribution in [0.1, 0.15) is 0 Å². The average molecular weight is 302 g/mol. The third-order valence-electron chi connectivity index (χ3n) is 2.97. The van der Waals surface area contributed by atoms with Gasteiger partial charge in [-0.2, -0.15) is 0 Å². The maximum atomic E-state index is 10.6. The smallest absolute Gasteiger partial charge is 0.357 e. The molecule has 0 aliphatic rings. The van der Waals surface area contributed by atoms with Crippen molar-refractivity contribution in [2.24, 2.45) is 0 Å². The first kappa shape index (κ1) is 16.5. The first-order valence-corrected chi connectivity index (χ1v) is 11.0. The summed E-state index contributed by atoms with van der Waals surface area (Å²) in [5.41, 5.74) is 0. The second-order valence-electron chi connectivity index (χ2n) is 4.83. The molecule has 0 radical (unpaired) electrons. The van der Waals surface area contributed by atoms with Crippen LogP contribution < -0.4 is 5.19 Å². The van der Waals surface area contributed by atoms with Crippen LogP contribution in [0, 0.1) is 0 Å². The molecule has 3 N–H and O–H groups in total. The number of benzene rings is 1. The fourth-order valence-electron chi connectivity index (χ4n) is 1.89. The van der Waals surface area contributed by atoms with E-state index >= 15 is 0 Å². The lowest BCUT2D eigenvalue weighted by molar-refractivity contribution is 0.0998. The number of aliphatic hydroxyl groups is 2. The van der Waals surface area contributed by atoms with Gasteiger partial charge >= 0.3 is 17.1 Å². The molecule has 3 atom stereocenters. The van der Waals surface area contributed by atoms with E-state index in [0.29, 0.717) is 0 Å². The molecule has 0 aromatic heterocycles. The summed E-state index contributed by atoms with van der Waals surface area (Å²) < 4.78 is 11.3. The normalized spacial score (nSPS) is 19.5. The van der Waals surface area contributed by atoms with Crippen molar-refractivity contribution in [2.45, 2.75) is 25.2 Å². The molecule has 0 spiro atoms. The molecule has 1 aromatic carbocycles. The first-order valence-electron chi connectivity index (χ1n) is 6.15. The Bertz CT molecular complexity index is 387. The average Bonchev–Trinajstić information content (AvgIpc) is 2.39. The molecule has 7 heteroatoms. The van der Waals surface area contributed by atoms with Crippen molar-refractivity contribution in [3.05, 3.63) is 30.3 Å². The zero-order valence-electron chi connectivity index (χ0n) is 11.5. The quantitative estimate of drug-likeness (QED) is 0.620. The summed E-state index contributed by atoms with van der Waals surface area (Å²) in [5, 5.41) is 19.2. The van der Waals surface area contributed by atoms with Crippen LogP contribution in [0.3, 0.4) is 0 Å². The predicted octanol–water partition coefficient (Wildman–Crippen LogP) is 0.0461. The number of hydrogen-bond donors (Lipinski definition) is 3. The molecule has 3 unspecified atom stereocenters. The largest absolute Gasteiger partial charge is 0.411 e. The molecule has 0 heterocycles. The third-order valence-corrected chi connectivity index (χ3v) is 9.77. The Morgan fingerprint density at radius 1 is 1.21 bits per heavy atom. The van der Waals surface area contributed by atoms with E-state index in [1.165, 1.54) is 7.11 Å². The van der Waals surface area contributed by atoms with Crippen molar-refractivity contribution in [3.63, 3.8) is 0 Å². The van der Waals surface area contributed by atoms with Crippen molar-refractivity contribution < 1.29 is 23.5 Å². The van der Waals surface area contributed by atoms with Gasteiger partial charge in [0, 0.05) is 13.2 Å². The van der Waals surface area contributed by atoms with Gasteiger partial charge in [-0.25, -0.2) is 0 Å². The topological polar surface area (TPSA) is 79.2 Å². The molecular formula is C12H22O5Si2. The van der Waals surface area contributed by atoms with Gasteiger partial charge in [0.05, 0.1) is 12.7 Å². The van der Waals surface area contributed by atoms with Gasteiger partial charge in [0.1, 0.15) is 0 Å². The third kappa shape index (κ3) is 4.80. The summed E-state index contributed by atoms with van der Waals surface area (Å²) in [4.78, 5) is 10.6. The fourth-order valence-corrected chi connectivity index (χ4v) is 8.35. The Labute approximate surface area is 115 Å². The maximum absolute atomic E-state index is 10.6. The van der Waals surface area contributed by atoms with Crippen LogP contribution in [-0.4, -0.2) is 52.0 Å². The Morgan fingerprint density at radius 3 is 2.26 bits per heavy atom. The van der Waals surface area contributed by atoms with E-state index in [9.17, 15) is 9.90 Å². The van der Waals surface area contributed by atoms with Crippen molar-refractivity contribution >= 4 is 22.3 Å². The lowest BCUT2D eigenvalue weighted by Gasteiger charge is -2.34. The van der Waals surface area contributed by atoms with Gasteiger partial charge in [0.15, 0.2) is 0 Å². The molecule has 108 valence electrons. The number of hydrogen-bond acceptors (Lipinski definition) is 5. The van der Waals surface area contributed by atoms with Gasteiger partial charge in [-0.15, -0.1) is 0 Å². The van der Waals surface area contributed by atoms with Gasteiger partial charge in [-0.1, -0.05) is 30.3 Å². The summed E-state index contributed by atoms with van der Waals surface area (Å²) >= 11 is 0. The van der Waals surface area contributed by atoms with Crippen LogP contribution in [0.2, 0.25) is 19.1 Å². The van der Waals surface area contributed by atoms with E-state index in [1.807, 2.05) is 30.3 Å². The minimum Gasteiger partial charge on any atom is -0.411 e. The van der Waals surface area contributed by atoms with Gasteiger partial charge < -0.3 is 23.5 Å². The van der Waals surface area contributed by atoms with Crippen molar-refractivity contribution in [1.29, 1.82) is 0 Å². The van der Waals surface area contributed by atoms with Crippen LogP contribution >= 0.6 is 0 Å². The van der Waals surface area contributed by atoms with Crippen molar-refractivity contribution in [3.8, 4) is 0 Å². The molecule has 0 saturated carbocycles. The van der Waals surface area contributed by atoms with Crippen LogP contribution in [-0.2, 0) is 8.54 Å². The monoisotopic (exact) mass is 302 g/mol. The standard InChI is InChI=1S/C12H22O5Si2/c1-16-18(2,10-11(14)9-13)17-19(3,15)12-7-5-4-6-8-12/h4-8,11,13-15H,9-10H2,1-3H3. The molecule has 0 bridgehead atoms. The summed E-state index contributed by atoms with van der Waals surface area (Å²) in [6.07, 6.45) is -0.891. The van der Waals surface area contributed by atoms with Gasteiger partial charge in [0.2, 0.25) is 0 Å². The molecule has 5 nitrogen and oxygen atoms in total. The zero-order chi connectivity index (χ0) is 14.5. The first-order chi connectivity index (χ1) is 8.83. The number of aliphatic hydroxyl groups excluding tert-OH is 2. The summed E-state index contributed by atoms with van der Waals surface area (Å²) in [7, 11) is -4.29. The lowest BCUT2D eigenvalue weighted by Crippen LogP contribution is -2.58. The molecule has 0 fully saturated rings. The number of rotatable bonds is 7. The predicted molar refractivity (Wildman–Crippen MR) is 77.5 cm³/mol. The Balaban J connectivity index is 2.85. The van der Waals surface area contributed by atoms with Gasteiger partial charge in [0.25, 0.3) is 0 Å². The highest BCUT2D eigenvalue weighted by Crippen LogP contribution is 2.19. The second kappa shape index (κ2) is 6.75. The zero-order valence-corrected chi connectivity index (χ0v) is 13.5.